The Morgan fingerprint density at radius 1 is 1.00 bits per heavy atom. The Bertz CT molecular complexity index is 695. The molecule has 0 N–H and O–H groups in total. The van der Waals surface area contributed by atoms with Gasteiger partial charge in [0.15, 0.2) is 0 Å². The van der Waals surface area contributed by atoms with Crippen molar-refractivity contribution in [3.05, 3.63) is 46.7 Å². The quantitative estimate of drug-likeness (QED) is 0.538. The van der Waals surface area contributed by atoms with Gasteiger partial charge in [-0.3, -0.25) is 0 Å². The van der Waals surface area contributed by atoms with Gasteiger partial charge in [-0.15, -0.1) is 0 Å². The van der Waals surface area contributed by atoms with Crippen molar-refractivity contribution in [1.29, 1.82) is 0 Å². The minimum absolute atomic E-state index is 0.756. The van der Waals surface area contributed by atoms with Crippen molar-refractivity contribution in [2.45, 2.75) is 13.8 Å². The summed E-state index contributed by atoms with van der Waals surface area (Å²) in [6.45, 7) is 4.08. The third-order valence-corrected chi connectivity index (χ3v) is 3.33. The molecule has 0 atom stereocenters. The molecule has 0 amide bonds. The molecule has 1 aromatic heterocycles. The first-order chi connectivity index (χ1) is 7.65. The van der Waals surface area contributed by atoms with Gasteiger partial charge in [-0.1, -0.05) is 17.7 Å². The van der Waals surface area contributed by atoms with Crippen molar-refractivity contribution in [3.8, 4) is 0 Å². The van der Waals surface area contributed by atoms with Crippen LogP contribution < -0.4 is 0 Å². The number of hydrogen-bond donors (Lipinski definition) is 0. The highest BCUT2D eigenvalue weighted by Gasteiger charge is 2.08. The lowest BCUT2D eigenvalue weighted by atomic mass is 10.1. The Labute approximate surface area is 98.6 Å². The average molecular weight is 231 g/mol. The molecule has 0 fully saturated rings. The first-order valence-electron chi connectivity index (χ1n) is 5.24. The van der Waals surface area contributed by atoms with Gasteiger partial charge in [-0.25, -0.2) is 0 Å². The maximum absolute atomic E-state index is 5.98. The molecular formula is C14H11ClO. The van der Waals surface area contributed by atoms with Crippen LogP contribution in [0.1, 0.15) is 11.3 Å². The minimum atomic E-state index is 0.756. The fraction of sp³-hybridized carbons (Fsp3) is 0.143. The minimum Gasteiger partial charge on any atom is -0.461 e. The van der Waals surface area contributed by atoms with Gasteiger partial charge in [0, 0.05) is 10.4 Å². The molecule has 0 bridgehead atoms. The zero-order valence-corrected chi connectivity index (χ0v) is 9.93. The van der Waals surface area contributed by atoms with E-state index in [-0.39, 0.29) is 0 Å². The topological polar surface area (TPSA) is 13.1 Å². The largest absolute Gasteiger partial charge is 0.461 e. The number of rotatable bonds is 0. The van der Waals surface area contributed by atoms with E-state index in [1.165, 1.54) is 16.3 Å². The van der Waals surface area contributed by atoms with Crippen LogP contribution in [-0.2, 0) is 0 Å². The van der Waals surface area contributed by atoms with E-state index in [0.717, 1.165) is 21.8 Å². The number of benzene rings is 2. The third kappa shape index (κ3) is 1.32. The van der Waals surface area contributed by atoms with Gasteiger partial charge in [0.25, 0.3) is 0 Å². The van der Waals surface area contributed by atoms with Crippen molar-refractivity contribution in [2.75, 3.05) is 0 Å². The van der Waals surface area contributed by atoms with E-state index in [9.17, 15) is 0 Å². The first-order valence-corrected chi connectivity index (χ1v) is 5.62. The van der Waals surface area contributed by atoms with Gasteiger partial charge < -0.3 is 4.42 Å². The summed E-state index contributed by atoms with van der Waals surface area (Å²) in [5.41, 5.74) is 2.15. The standard InChI is InChI=1S/C14H11ClO/c1-8-9(2)16-14-7-11-5-12(15)4-3-10(11)6-13(8)14/h3-7H,1-2H3. The molecule has 0 aliphatic rings. The zero-order valence-electron chi connectivity index (χ0n) is 9.17. The lowest BCUT2D eigenvalue weighted by Crippen LogP contribution is -1.75. The molecule has 3 aromatic rings. The van der Waals surface area contributed by atoms with Crippen molar-refractivity contribution in [3.63, 3.8) is 0 Å². The number of furan rings is 1. The first kappa shape index (κ1) is 9.73. The SMILES string of the molecule is Cc1oc2cc3cc(Cl)ccc3cc2c1C. The molecule has 16 heavy (non-hydrogen) atoms. The maximum Gasteiger partial charge on any atom is 0.135 e. The van der Waals surface area contributed by atoms with Crippen LogP contribution >= 0.6 is 11.6 Å². The fourth-order valence-corrected chi connectivity index (χ4v) is 2.24. The molecule has 0 radical (unpaired) electrons. The summed E-state index contributed by atoms with van der Waals surface area (Å²) in [4.78, 5) is 0. The smallest absolute Gasteiger partial charge is 0.135 e. The lowest BCUT2D eigenvalue weighted by molar-refractivity contribution is 0.575. The van der Waals surface area contributed by atoms with E-state index < -0.39 is 0 Å². The summed E-state index contributed by atoms with van der Waals surface area (Å²) < 4.78 is 5.70. The molecule has 0 aliphatic carbocycles. The number of fused-ring (bicyclic) bond motifs is 2. The summed E-state index contributed by atoms with van der Waals surface area (Å²) in [5.74, 6) is 0.983. The molecule has 0 saturated carbocycles. The number of halogens is 1. The molecule has 0 aliphatic heterocycles. The van der Waals surface area contributed by atoms with E-state index in [2.05, 4.69) is 19.1 Å². The van der Waals surface area contributed by atoms with Crippen molar-refractivity contribution in [2.24, 2.45) is 0 Å². The van der Waals surface area contributed by atoms with Gasteiger partial charge in [0.05, 0.1) is 0 Å². The Morgan fingerprint density at radius 2 is 1.81 bits per heavy atom. The molecule has 2 aromatic carbocycles. The Hall–Kier alpha value is -1.47. The molecule has 0 unspecified atom stereocenters. The molecule has 2 heteroatoms. The summed E-state index contributed by atoms with van der Waals surface area (Å²) >= 11 is 5.98. The zero-order chi connectivity index (χ0) is 11.3. The van der Waals surface area contributed by atoms with Crippen LogP contribution in [0.2, 0.25) is 5.02 Å². The average Bonchev–Trinajstić information content (AvgIpc) is 2.52. The third-order valence-electron chi connectivity index (χ3n) is 3.10. The van der Waals surface area contributed by atoms with Crippen molar-refractivity contribution < 1.29 is 4.42 Å². The van der Waals surface area contributed by atoms with E-state index in [1.807, 2.05) is 25.1 Å². The molecule has 0 saturated heterocycles. The normalized spacial score (nSPS) is 11.4. The highest BCUT2D eigenvalue weighted by atomic mass is 35.5. The van der Waals surface area contributed by atoms with Gasteiger partial charge >= 0.3 is 0 Å². The summed E-state index contributed by atoms with van der Waals surface area (Å²) in [5, 5.41) is 4.26. The second-order valence-electron chi connectivity index (χ2n) is 4.12. The van der Waals surface area contributed by atoms with E-state index in [0.29, 0.717) is 0 Å². The van der Waals surface area contributed by atoms with Crippen LogP contribution in [0.25, 0.3) is 21.7 Å². The Kier molecular flexibility index (Phi) is 1.98. The predicted octanol–water partition coefficient (Wildman–Crippen LogP) is 4.86. The molecule has 1 nitrogen and oxygen atoms in total. The van der Waals surface area contributed by atoms with Crippen LogP contribution in [0.5, 0.6) is 0 Å². The van der Waals surface area contributed by atoms with Gasteiger partial charge in [-0.05, 0) is 54.4 Å². The van der Waals surface area contributed by atoms with Crippen LogP contribution in [0.3, 0.4) is 0 Å². The highest BCUT2D eigenvalue weighted by Crippen LogP contribution is 2.30. The molecular weight excluding hydrogens is 220 g/mol. The number of aryl methyl sites for hydroxylation is 2. The molecule has 1 heterocycles. The molecule has 80 valence electrons. The highest BCUT2D eigenvalue weighted by molar-refractivity contribution is 6.31. The Morgan fingerprint density at radius 3 is 2.62 bits per heavy atom. The molecule has 0 spiro atoms. The van der Waals surface area contributed by atoms with Gasteiger partial charge in [0.1, 0.15) is 11.3 Å². The fourth-order valence-electron chi connectivity index (χ4n) is 2.06. The van der Waals surface area contributed by atoms with Crippen molar-refractivity contribution >= 4 is 33.3 Å². The second-order valence-corrected chi connectivity index (χ2v) is 4.56. The summed E-state index contributed by atoms with van der Waals surface area (Å²) in [7, 11) is 0. The van der Waals surface area contributed by atoms with Gasteiger partial charge in [-0.2, -0.15) is 0 Å². The van der Waals surface area contributed by atoms with E-state index in [4.69, 9.17) is 16.0 Å². The summed E-state index contributed by atoms with van der Waals surface area (Å²) in [6, 6.07) is 10.1. The van der Waals surface area contributed by atoms with Crippen LogP contribution in [-0.4, -0.2) is 0 Å². The monoisotopic (exact) mass is 230 g/mol. The Balaban J connectivity index is 2.48. The maximum atomic E-state index is 5.98. The lowest BCUT2D eigenvalue weighted by Gasteiger charge is -1.98. The predicted molar refractivity (Wildman–Crippen MR) is 68.2 cm³/mol. The molecule has 3 rings (SSSR count). The number of hydrogen-bond acceptors (Lipinski definition) is 1. The van der Waals surface area contributed by atoms with Crippen LogP contribution in [0, 0.1) is 13.8 Å². The van der Waals surface area contributed by atoms with E-state index >= 15 is 0 Å². The van der Waals surface area contributed by atoms with Crippen LogP contribution in [0.15, 0.2) is 34.7 Å². The second kappa shape index (κ2) is 3.26. The van der Waals surface area contributed by atoms with Gasteiger partial charge in [0.2, 0.25) is 0 Å². The summed E-state index contributed by atoms with van der Waals surface area (Å²) in [6.07, 6.45) is 0. The van der Waals surface area contributed by atoms with E-state index in [1.54, 1.807) is 0 Å². The van der Waals surface area contributed by atoms with Crippen molar-refractivity contribution in [1.82, 2.24) is 0 Å². The van der Waals surface area contributed by atoms with Crippen LogP contribution in [0.4, 0.5) is 0 Å².